The summed E-state index contributed by atoms with van der Waals surface area (Å²) < 4.78 is 28.2. The summed E-state index contributed by atoms with van der Waals surface area (Å²) in [7, 11) is 0. The third kappa shape index (κ3) is 4.35. The second kappa shape index (κ2) is 9.33. The maximum Gasteiger partial charge on any atom is 0.412 e. The molecule has 2 aromatic carbocycles. The van der Waals surface area contributed by atoms with Gasteiger partial charge in [-0.1, -0.05) is 6.07 Å². The van der Waals surface area contributed by atoms with E-state index >= 15 is 0 Å². The molecule has 3 aliphatic rings. The van der Waals surface area contributed by atoms with Gasteiger partial charge in [0.25, 0.3) is 0 Å². The van der Waals surface area contributed by atoms with Crippen LogP contribution in [-0.4, -0.2) is 60.4 Å². The number of anilines is 2. The Labute approximate surface area is 205 Å². The van der Waals surface area contributed by atoms with Crippen LogP contribution in [0.1, 0.15) is 5.56 Å². The van der Waals surface area contributed by atoms with Crippen molar-refractivity contribution in [1.29, 1.82) is 5.26 Å². The van der Waals surface area contributed by atoms with E-state index in [2.05, 4.69) is 20.6 Å². The van der Waals surface area contributed by atoms with Crippen molar-refractivity contribution in [2.75, 3.05) is 30.6 Å². The third-order valence-corrected chi connectivity index (χ3v) is 6.14. The van der Waals surface area contributed by atoms with Gasteiger partial charge in [0.05, 0.1) is 36.6 Å². The Balaban J connectivity index is 1.08. The molecule has 3 aromatic rings. The first kappa shape index (κ1) is 22.1. The molecule has 0 saturated carbocycles. The minimum absolute atomic E-state index is 0.206. The van der Waals surface area contributed by atoms with Gasteiger partial charge in [-0.25, -0.2) is 14.8 Å². The van der Waals surface area contributed by atoms with E-state index in [4.69, 9.17) is 28.9 Å². The molecule has 2 N–H and O–H groups in total. The van der Waals surface area contributed by atoms with Crippen LogP contribution in [0.5, 0.6) is 11.5 Å². The van der Waals surface area contributed by atoms with Gasteiger partial charge in [-0.3, -0.25) is 5.32 Å². The number of hydrogen-bond donors (Lipinski definition) is 2. The molecule has 182 valence electrons. The van der Waals surface area contributed by atoms with Crippen LogP contribution in [-0.2, 0) is 14.2 Å². The summed E-state index contributed by atoms with van der Waals surface area (Å²) in [6, 6.07) is 15.9. The predicted molar refractivity (Wildman–Crippen MR) is 126 cm³/mol. The fraction of sp³-hybridized carbons (Fsp3) is 0.280. The van der Waals surface area contributed by atoms with Crippen LogP contribution in [0.25, 0.3) is 11.3 Å². The maximum atomic E-state index is 12.4. The molecule has 36 heavy (non-hydrogen) atoms. The lowest BCUT2D eigenvalue weighted by Crippen LogP contribution is -2.38. The minimum atomic E-state index is -0.640. The van der Waals surface area contributed by atoms with Gasteiger partial charge in [0.1, 0.15) is 12.2 Å². The van der Waals surface area contributed by atoms with Crippen molar-refractivity contribution in [2.24, 2.45) is 0 Å². The van der Waals surface area contributed by atoms with Gasteiger partial charge in [0.2, 0.25) is 12.7 Å². The third-order valence-electron chi connectivity index (χ3n) is 6.14. The molecular formula is C25H21N5O6. The standard InChI is InChI=1S/C25H21N5O6/c26-10-14-2-1-3-16(8-14)28-25(31)36-21-12-33-22-18(11-32-23(21)22)30-24-27-7-6-17(29-24)15-4-5-19-20(9-15)35-13-34-19/h1-9,18,21-23H,11-13H2,(H,28,31)(H,27,29,30)/t18-,21+,22+,23+/m0/s1. The highest BCUT2D eigenvalue weighted by Crippen LogP contribution is 2.36. The number of carbonyl (C=O) groups is 1. The summed E-state index contributed by atoms with van der Waals surface area (Å²) in [5, 5.41) is 14.9. The topological polar surface area (TPSA) is 137 Å². The molecule has 0 spiro atoms. The maximum absolute atomic E-state index is 12.4. The monoisotopic (exact) mass is 487 g/mol. The van der Waals surface area contributed by atoms with Crippen molar-refractivity contribution < 1.29 is 28.5 Å². The first-order chi connectivity index (χ1) is 17.7. The van der Waals surface area contributed by atoms with Gasteiger partial charge in [-0.2, -0.15) is 5.26 Å². The zero-order valence-corrected chi connectivity index (χ0v) is 18.9. The number of hydrogen-bond acceptors (Lipinski definition) is 10. The van der Waals surface area contributed by atoms with Crippen molar-refractivity contribution in [2.45, 2.75) is 24.4 Å². The number of aromatic nitrogens is 2. The Bertz CT molecular complexity index is 1340. The van der Waals surface area contributed by atoms with Crippen LogP contribution in [0.3, 0.4) is 0 Å². The highest BCUT2D eigenvalue weighted by Gasteiger charge is 2.49. The second-order valence-electron chi connectivity index (χ2n) is 8.44. The van der Waals surface area contributed by atoms with Gasteiger partial charge in [0, 0.05) is 17.4 Å². The Kier molecular flexibility index (Phi) is 5.73. The first-order valence-corrected chi connectivity index (χ1v) is 11.4. The number of rotatable bonds is 5. The lowest BCUT2D eigenvalue weighted by molar-refractivity contribution is 0.00917. The first-order valence-electron chi connectivity index (χ1n) is 11.4. The Morgan fingerprint density at radius 1 is 1.06 bits per heavy atom. The van der Waals surface area contributed by atoms with Gasteiger partial charge in [-0.15, -0.1) is 0 Å². The number of ether oxygens (including phenoxy) is 5. The second-order valence-corrected chi connectivity index (χ2v) is 8.44. The number of nitrogens with zero attached hydrogens (tertiary/aromatic N) is 3. The molecule has 2 saturated heterocycles. The van der Waals surface area contributed by atoms with Gasteiger partial charge in [0.15, 0.2) is 17.6 Å². The molecule has 4 heterocycles. The van der Waals surface area contributed by atoms with Crippen LogP contribution in [0.2, 0.25) is 0 Å². The normalized spacial score (nSPS) is 23.5. The fourth-order valence-corrected chi connectivity index (χ4v) is 4.45. The summed E-state index contributed by atoms with van der Waals surface area (Å²) in [6.07, 6.45) is -0.283. The highest BCUT2D eigenvalue weighted by atomic mass is 16.7. The molecule has 4 atom stereocenters. The number of fused-ring (bicyclic) bond motifs is 2. The van der Waals surface area contributed by atoms with Crippen LogP contribution in [0, 0.1) is 11.3 Å². The average molecular weight is 487 g/mol. The number of carbonyl (C=O) groups excluding carboxylic acids is 1. The molecule has 6 rings (SSSR count). The van der Waals surface area contributed by atoms with E-state index in [0.29, 0.717) is 35.3 Å². The predicted octanol–water partition coefficient (Wildman–Crippen LogP) is 2.94. The van der Waals surface area contributed by atoms with Crippen molar-refractivity contribution in [1.82, 2.24) is 9.97 Å². The summed E-state index contributed by atoms with van der Waals surface area (Å²) >= 11 is 0. The number of nitrogens with one attached hydrogen (secondary N) is 2. The van der Waals surface area contributed by atoms with E-state index < -0.39 is 18.3 Å². The Morgan fingerprint density at radius 2 is 1.94 bits per heavy atom. The van der Waals surface area contributed by atoms with E-state index in [1.54, 1.807) is 30.5 Å². The lowest BCUT2D eigenvalue weighted by atomic mass is 10.1. The van der Waals surface area contributed by atoms with Gasteiger partial charge >= 0.3 is 6.09 Å². The summed E-state index contributed by atoms with van der Waals surface area (Å²) in [5.41, 5.74) is 2.52. The zero-order chi connectivity index (χ0) is 24.5. The Hall–Kier alpha value is -4.40. The van der Waals surface area contributed by atoms with E-state index in [1.807, 2.05) is 30.3 Å². The van der Waals surface area contributed by atoms with Crippen LogP contribution >= 0.6 is 0 Å². The molecule has 0 unspecified atom stereocenters. The van der Waals surface area contributed by atoms with E-state index in [-0.39, 0.29) is 25.5 Å². The number of benzene rings is 2. The fourth-order valence-electron chi connectivity index (χ4n) is 4.45. The zero-order valence-electron chi connectivity index (χ0n) is 18.9. The number of amides is 1. The molecule has 11 nitrogen and oxygen atoms in total. The molecular weight excluding hydrogens is 466 g/mol. The number of nitriles is 1. The molecule has 3 aliphatic heterocycles. The van der Waals surface area contributed by atoms with Crippen molar-refractivity contribution in [3.8, 4) is 28.8 Å². The minimum Gasteiger partial charge on any atom is -0.454 e. The van der Waals surface area contributed by atoms with Crippen LogP contribution in [0.15, 0.2) is 54.7 Å². The van der Waals surface area contributed by atoms with E-state index in [1.165, 1.54) is 0 Å². The van der Waals surface area contributed by atoms with E-state index in [9.17, 15) is 4.79 Å². The Morgan fingerprint density at radius 3 is 2.86 bits per heavy atom. The molecule has 0 aliphatic carbocycles. The van der Waals surface area contributed by atoms with Crippen molar-refractivity contribution in [3.63, 3.8) is 0 Å². The largest absolute Gasteiger partial charge is 0.454 e. The van der Waals surface area contributed by atoms with Crippen LogP contribution < -0.4 is 20.1 Å². The van der Waals surface area contributed by atoms with Crippen molar-refractivity contribution >= 4 is 17.7 Å². The summed E-state index contributed by atoms with van der Waals surface area (Å²) in [6.45, 7) is 0.760. The van der Waals surface area contributed by atoms with E-state index in [0.717, 1.165) is 11.3 Å². The smallest absolute Gasteiger partial charge is 0.412 e. The molecule has 11 heteroatoms. The average Bonchev–Trinajstić information content (AvgIpc) is 3.62. The van der Waals surface area contributed by atoms with Crippen LogP contribution in [0.4, 0.5) is 16.4 Å². The van der Waals surface area contributed by atoms with Crippen molar-refractivity contribution in [3.05, 3.63) is 60.3 Å². The SMILES string of the molecule is N#Cc1cccc(NC(=O)O[C@@H]2CO[C@H]3[C@@H]2OC[C@@H]3Nc2nccc(-c3ccc4c(c3)OCO4)n2)c1. The van der Waals surface area contributed by atoms with Gasteiger partial charge < -0.3 is 29.0 Å². The lowest BCUT2D eigenvalue weighted by Gasteiger charge is -2.18. The quantitative estimate of drug-likeness (QED) is 0.553. The highest BCUT2D eigenvalue weighted by molar-refractivity contribution is 5.85. The molecule has 0 bridgehead atoms. The molecule has 0 radical (unpaired) electrons. The van der Waals surface area contributed by atoms with Gasteiger partial charge in [-0.05, 0) is 42.5 Å². The summed E-state index contributed by atoms with van der Waals surface area (Å²) in [4.78, 5) is 21.4. The molecule has 2 fully saturated rings. The summed E-state index contributed by atoms with van der Waals surface area (Å²) in [5.74, 6) is 1.82. The molecule has 1 amide bonds. The molecule has 1 aromatic heterocycles.